The molecule has 0 bridgehead atoms. The Labute approximate surface area is 158 Å². The van der Waals surface area contributed by atoms with Crippen molar-refractivity contribution >= 4 is 40.0 Å². The maximum atomic E-state index is 10.8. The number of hydrogen-bond acceptors (Lipinski definition) is 5. The fraction of sp³-hybridized carbons (Fsp3) is 0.227. The summed E-state index contributed by atoms with van der Waals surface area (Å²) in [5.74, 6) is 1.86. The molecule has 0 amide bonds. The minimum absolute atomic E-state index is 0.152. The number of nitrogens with two attached hydrogens (primary N) is 1. The molecule has 5 heteroatoms. The summed E-state index contributed by atoms with van der Waals surface area (Å²) >= 11 is 0. The molecule has 0 saturated carbocycles. The van der Waals surface area contributed by atoms with Crippen LogP contribution in [0.25, 0.3) is 17.0 Å². The van der Waals surface area contributed by atoms with Crippen molar-refractivity contribution in [3.05, 3.63) is 60.3 Å². The Morgan fingerprint density at radius 2 is 2.07 bits per heavy atom. The van der Waals surface area contributed by atoms with Gasteiger partial charge in [-0.2, -0.15) is 0 Å². The molecular weight excluding hydrogens is 336 g/mol. The van der Waals surface area contributed by atoms with E-state index in [1.54, 1.807) is 0 Å². The maximum absolute atomic E-state index is 10.8. The second-order valence-corrected chi connectivity index (χ2v) is 6.81. The first kappa shape index (κ1) is 17.1. The monoisotopic (exact) mass is 358 g/mol. The van der Waals surface area contributed by atoms with E-state index in [-0.39, 0.29) is 6.17 Å². The van der Waals surface area contributed by atoms with Crippen molar-refractivity contribution in [2.45, 2.75) is 25.4 Å². The van der Waals surface area contributed by atoms with E-state index in [9.17, 15) is 4.79 Å². The van der Waals surface area contributed by atoms with Crippen molar-refractivity contribution in [3.8, 4) is 0 Å². The van der Waals surface area contributed by atoms with E-state index in [0.717, 1.165) is 52.9 Å². The first-order valence-electron chi connectivity index (χ1n) is 9.23. The molecule has 4 rings (SSSR count). The van der Waals surface area contributed by atoms with Crippen LogP contribution in [-0.4, -0.2) is 23.6 Å². The van der Waals surface area contributed by atoms with E-state index in [1.807, 2.05) is 60.7 Å². The van der Waals surface area contributed by atoms with Gasteiger partial charge in [0, 0.05) is 29.9 Å². The number of rotatable bonds is 4. The number of fused-ring (bicyclic) bond motifs is 1. The minimum atomic E-state index is 0.152. The summed E-state index contributed by atoms with van der Waals surface area (Å²) < 4.78 is 0. The van der Waals surface area contributed by atoms with Gasteiger partial charge in [0.05, 0.1) is 23.1 Å². The molecule has 1 unspecified atom stereocenters. The van der Waals surface area contributed by atoms with E-state index in [0.29, 0.717) is 0 Å². The summed E-state index contributed by atoms with van der Waals surface area (Å²) in [7, 11) is 0. The number of nitrogens with one attached hydrogen (secondary N) is 1. The highest BCUT2D eigenvalue weighted by atomic mass is 16.1. The molecule has 1 aliphatic heterocycles. The average molecular weight is 358 g/mol. The SMILES string of the molecule is Nc1ccccc1NC1CCCCN1c1ccnc2ccc(C=C=O)cc12. The molecular formula is C22H22N4O. The van der Waals surface area contributed by atoms with E-state index >= 15 is 0 Å². The lowest BCUT2D eigenvalue weighted by Crippen LogP contribution is -2.44. The third kappa shape index (κ3) is 3.50. The van der Waals surface area contributed by atoms with Crippen molar-refractivity contribution in [1.82, 2.24) is 4.98 Å². The molecule has 3 aromatic rings. The Morgan fingerprint density at radius 3 is 2.93 bits per heavy atom. The molecule has 2 aromatic carbocycles. The van der Waals surface area contributed by atoms with Crippen molar-refractivity contribution in [3.63, 3.8) is 0 Å². The molecule has 0 radical (unpaired) electrons. The molecule has 136 valence electrons. The predicted molar refractivity (Wildman–Crippen MR) is 111 cm³/mol. The number of piperidine rings is 1. The van der Waals surface area contributed by atoms with Crippen LogP contribution in [0.2, 0.25) is 0 Å². The number of benzene rings is 2. The molecule has 5 nitrogen and oxygen atoms in total. The molecule has 1 aromatic heterocycles. The van der Waals surface area contributed by atoms with Gasteiger partial charge in [-0.3, -0.25) is 4.98 Å². The fourth-order valence-electron chi connectivity index (χ4n) is 3.74. The number of anilines is 3. The van der Waals surface area contributed by atoms with Crippen LogP contribution in [0.15, 0.2) is 54.7 Å². The van der Waals surface area contributed by atoms with E-state index in [1.165, 1.54) is 12.5 Å². The molecule has 1 fully saturated rings. The predicted octanol–water partition coefficient (Wildman–Crippen LogP) is 4.09. The van der Waals surface area contributed by atoms with Crippen molar-refractivity contribution in [1.29, 1.82) is 0 Å². The summed E-state index contributed by atoms with van der Waals surface area (Å²) in [6.45, 7) is 0.956. The lowest BCUT2D eigenvalue weighted by Gasteiger charge is -2.39. The standard InChI is InChI=1S/C22H22N4O/c23-18-5-1-2-6-20(18)25-22-7-3-4-13-26(22)21-10-12-24-19-9-8-16(11-14-27)15-17(19)21/h1-2,5-6,8-12,15,22,25H,3-4,7,13,23H2. The Kier molecular flexibility index (Phi) is 4.77. The molecule has 2 heterocycles. The topological polar surface area (TPSA) is 71.2 Å². The van der Waals surface area contributed by atoms with Crippen molar-refractivity contribution in [2.24, 2.45) is 0 Å². The first-order chi connectivity index (χ1) is 13.3. The Hall–Kier alpha value is -3.30. The third-order valence-corrected chi connectivity index (χ3v) is 5.06. The number of nitrogens with zero attached hydrogens (tertiary/aromatic N) is 2. The summed E-state index contributed by atoms with van der Waals surface area (Å²) in [5, 5.41) is 4.65. The molecule has 3 N–H and O–H groups in total. The number of hydrogen-bond donors (Lipinski definition) is 2. The summed E-state index contributed by atoms with van der Waals surface area (Å²) in [5.41, 5.74) is 10.7. The van der Waals surface area contributed by atoms with Crippen LogP contribution in [0.3, 0.4) is 0 Å². The van der Waals surface area contributed by atoms with E-state index < -0.39 is 0 Å². The zero-order valence-corrected chi connectivity index (χ0v) is 15.1. The Balaban J connectivity index is 1.74. The highest BCUT2D eigenvalue weighted by molar-refractivity contribution is 5.94. The number of pyridine rings is 1. The average Bonchev–Trinajstić information content (AvgIpc) is 2.70. The van der Waals surface area contributed by atoms with Gasteiger partial charge in [0.2, 0.25) is 0 Å². The highest BCUT2D eigenvalue weighted by Crippen LogP contribution is 2.32. The zero-order valence-electron chi connectivity index (χ0n) is 15.1. The lowest BCUT2D eigenvalue weighted by molar-refractivity contribution is 0.494. The van der Waals surface area contributed by atoms with Gasteiger partial charge in [-0.1, -0.05) is 18.2 Å². The van der Waals surface area contributed by atoms with Gasteiger partial charge in [-0.05, 0) is 55.2 Å². The molecule has 0 aliphatic carbocycles. The number of para-hydroxylation sites is 2. The quantitative estimate of drug-likeness (QED) is 0.543. The van der Waals surface area contributed by atoms with Gasteiger partial charge in [0.1, 0.15) is 5.94 Å². The summed E-state index contributed by atoms with van der Waals surface area (Å²) in [6, 6.07) is 15.7. The smallest absolute Gasteiger partial charge is 0.125 e. The van der Waals surface area contributed by atoms with Gasteiger partial charge >= 0.3 is 0 Å². The largest absolute Gasteiger partial charge is 0.397 e. The third-order valence-electron chi connectivity index (χ3n) is 5.06. The Bertz CT molecular complexity index is 1010. The van der Waals surface area contributed by atoms with Gasteiger partial charge in [-0.15, -0.1) is 0 Å². The summed E-state index contributed by atoms with van der Waals surface area (Å²) in [6.07, 6.45) is 6.79. The van der Waals surface area contributed by atoms with Gasteiger partial charge in [0.25, 0.3) is 0 Å². The number of carbonyl (C=O) groups excluding carboxylic acids is 1. The van der Waals surface area contributed by atoms with Gasteiger partial charge in [0.15, 0.2) is 0 Å². The van der Waals surface area contributed by atoms with Crippen molar-refractivity contribution in [2.75, 3.05) is 22.5 Å². The van der Waals surface area contributed by atoms with Crippen LogP contribution < -0.4 is 16.0 Å². The molecule has 0 spiro atoms. The molecule has 1 atom stereocenters. The zero-order chi connectivity index (χ0) is 18.6. The van der Waals surface area contributed by atoms with Crippen LogP contribution in [0.4, 0.5) is 17.1 Å². The first-order valence-corrected chi connectivity index (χ1v) is 9.23. The van der Waals surface area contributed by atoms with Crippen LogP contribution in [0.1, 0.15) is 24.8 Å². The van der Waals surface area contributed by atoms with Gasteiger partial charge in [-0.25, -0.2) is 4.79 Å². The second-order valence-electron chi connectivity index (χ2n) is 6.81. The minimum Gasteiger partial charge on any atom is -0.397 e. The van der Waals surface area contributed by atoms with Crippen LogP contribution >= 0.6 is 0 Å². The fourth-order valence-corrected chi connectivity index (χ4v) is 3.74. The normalized spacial score (nSPS) is 16.7. The summed E-state index contributed by atoms with van der Waals surface area (Å²) in [4.78, 5) is 17.6. The number of nitrogen functional groups attached to an aromatic ring is 1. The van der Waals surface area contributed by atoms with Crippen LogP contribution in [0.5, 0.6) is 0 Å². The second kappa shape index (κ2) is 7.52. The molecule has 1 aliphatic rings. The number of aromatic nitrogens is 1. The Morgan fingerprint density at radius 1 is 1.19 bits per heavy atom. The molecule has 1 saturated heterocycles. The van der Waals surface area contributed by atoms with Crippen molar-refractivity contribution < 1.29 is 4.79 Å². The van der Waals surface area contributed by atoms with Crippen LogP contribution in [0, 0.1) is 0 Å². The lowest BCUT2D eigenvalue weighted by atomic mass is 10.0. The van der Waals surface area contributed by atoms with E-state index in [4.69, 9.17) is 5.73 Å². The highest BCUT2D eigenvalue weighted by Gasteiger charge is 2.24. The van der Waals surface area contributed by atoms with Gasteiger partial charge < -0.3 is 16.0 Å². The van der Waals surface area contributed by atoms with E-state index in [2.05, 4.69) is 15.2 Å². The van der Waals surface area contributed by atoms with Crippen LogP contribution in [-0.2, 0) is 4.79 Å². The molecule has 27 heavy (non-hydrogen) atoms. The maximum Gasteiger partial charge on any atom is 0.125 e.